The molecule has 3 rings (SSSR count). The smallest absolute Gasteiger partial charge is 0.355 e. The molecule has 0 radical (unpaired) electrons. The van der Waals surface area contributed by atoms with E-state index in [-0.39, 0.29) is 5.69 Å². The second-order valence-corrected chi connectivity index (χ2v) is 5.35. The lowest BCUT2D eigenvalue weighted by Crippen LogP contribution is -2.45. The van der Waals surface area contributed by atoms with E-state index in [1.54, 1.807) is 6.07 Å². The van der Waals surface area contributed by atoms with E-state index in [1.165, 1.54) is 4.90 Å². The van der Waals surface area contributed by atoms with Crippen LogP contribution >= 0.6 is 0 Å². The molecule has 8 heteroatoms. The Labute approximate surface area is 126 Å². The number of carbonyl (C=O) groups excluding carboxylic acids is 3. The van der Waals surface area contributed by atoms with Crippen molar-refractivity contribution >= 4 is 17.8 Å². The van der Waals surface area contributed by atoms with Gasteiger partial charge in [0, 0.05) is 19.0 Å². The Hall–Kier alpha value is -2.51. The molecule has 1 unspecified atom stereocenters. The molecule has 0 saturated carbocycles. The van der Waals surface area contributed by atoms with Crippen molar-refractivity contribution < 1.29 is 23.9 Å². The number of nitrogens with two attached hydrogens (primary N) is 1. The number of aromatic nitrogens is 1. The molecule has 1 aromatic heterocycles. The first-order valence-corrected chi connectivity index (χ1v) is 7.17. The lowest BCUT2D eigenvalue weighted by atomic mass is 10.2. The number of likely N-dealkylation sites (tertiary alicyclic amines) is 1. The van der Waals surface area contributed by atoms with Gasteiger partial charge in [-0.05, 0) is 12.8 Å². The topological polar surface area (TPSA) is 115 Å². The van der Waals surface area contributed by atoms with Gasteiger partial charge in [0.15, 0.2) is 6.61 Å². The summed E-state index contributed by atoms with van der Waals surface area (Å²) in [6.07, 6.45) is 1.99. The van der Waals surface area contributed by atoms with Crippen LogP contribution in [0.5, 0.6) is 5.75 Å². The maximum absolute atomic E-state index is 12.0. The minimum atomic E-state index is -0.624. The zero-order chi connectivity index (χ0) is 15.7. The van der Waals surface area contributed by atoms with E-state index < -0.39 is 30.4 Å². The summed E-state index contributed by atoms with van der Waals surface area (Å²) in [6, 6.07) is 0.964. The van der Waals surface area contributed by atoms with E-state index >= 15 is 0 Å². The van der Waals surface area contributed by atoms with Gasteiger partial charge in [0.25, 0.3) is 5.91 Å². The molecule has 2 aliphatic rings. The Morgan fingerprint density at radius 1 is 1.45 bits per heavy atom. The summed E-state index contributed by atoms with van der Waals surface area (Å²) in [5, 5.41) is 0. The highest BCUT2D eigenvalue weighted by Gasteiger charge is 2.33. The molecule has 118 valence electrons. The second-order valence-electron chi connectivity index (χ2n) is 5.35. The summed E-state index contributed by atoms with van der Waals surface area (Å²) in [6.45, 7) is 0.639. The van der Waals surface area contributed by atoms with Crippen LogP contribution in [0.3, 0.4) is 0 Å². The number of hydrogen-bond acceptors (Lipinski definition) is 5. The molecule has 1 saturated heterocycles. The summed E-state index contributed by atoms with van der Waals surface area (Å²) in [7, 11) is 0. The normalized spacial score (nSPS) is 19.6. The van der Waals surface area contributed by atoms with Gasteiger partial charge in [0.2, 0.25) is 5.91 Å². The van der Waals surface area contributed by atoms with Crippen LogP contribution in [0.25, 0.3) is 0 Å². The number of aromatic amines is 1. The molecule has 2 aliphatic heterocycles. The van der Waals surface area contributed by atoms with Gasteiger partial charge in [-0.3, -0.25) is 9.59 Å². The lowest BCUT2D eigenvalue weighted by Gasteiger charge is -2.21. The van der Waals surface area contributed by atoms with Crippen molar-refractivity contribution in [2.45, 2.75) is 25.3 Å². The Morgan fingerprint density at radius 3 is 3.00 bits per heavy atom. The summed E-state index contributed by atoms with van der Waals surface area (Å²) >= 11 is 0. The number of H-pyrrole nitrogens is 1. The van der Waals surface area contributed by atoms with E-state index in [4.69, 9.17) is 15.2 Å². The van der Waals surface area contributed by atoms with Gasteiger partial charge in [-0.2, -0.15) is 0 Å². The SMILES string of the molecule is NC(=O)C1CCCN1C(=O)COC(=O)c1cc2c([nH]1)CCO2. The van der Waals surface area contributed by atoms with Crippen LogP contribution in [0.2, 0.25) is 0 Å². The lowest BCUT2D eigenvalue weighted by molar-refractivity contribution is -0.139. The summed E-state index contributed by atoms with van der Waals surface area (Å²) < 4.78 is 10.3. The third kappa shape index (κ3) is 2.63. The standard InChI is InChI=1S/C14H17N3O5/c15-13(19)10-2-1-4-17(10)12(18)7-22-14(20)9-6-11-8(16-9)3-5-21-11/h6,10,16H,1-5,7H2,(H2,15,19). The molecule has 1 atom stereocenters. The van der Waals surface area contributed by atoms with E-state index in [0.29, 0.717) is 31.7 Å². The molecule has 1 aromatic rings. The minimum Gasteiger partial charge on any atom is -0.491 e. The van der Waals surface area contributed by atoms with Crippen molar-refractivity contribution in [3.8, 4) is 5.75 Å². The number of nitrogens with zero attached hydrogens (tertiary/aromatic N) is 1. The quantitative estimate of drug-likeness (QED) is 0.733. The van der Waals surface area contributed by atoms with Crippen LogP contribution < -0.4 is 10.5 Å². The van der Waals surface area contributed by atoms with Gasteiger partial charge >= 0.3 is 5.97 Å². The van der Waals surface area contributed by atoms with Gasteiger partial charge in [-0.1, -0.05) is 0 Å². The Kier molecular flexibility index (Phi) is 3.74. The third-order valence-corrected chi connectivity index (χ3v) is 3.92. The highest BCUT2D eigenvalue weighted by molar-refractivity contribution is 5.92. The molecule has 3 N–H and O–H groups in total. The maximum Gasteiger partial charge on any atom is 0.355 e. The average molecular weight is 307 g/mol. The largest absolute Gasteiger partial charge is 0.491 e. The van der Waals surface area contributed by atoms with Gasteiger partial charge < -0.3 is 25.1 Å². The van der Waals surface area contributed by atoms with Gasteiger partial charge in [0.1, 0.15) is 17.5 Å². The predicted octanol–water partition coefficient (Wildman–Crippen LogP) is -0.417. The Bertz CT molecular complexity index is 602. The van der Waals surface area contributed by atoms with Crippen molar-refractivity contribution in [3.05, 3.63) is 17.5 Å². The van der Waals surface area contributed by atoms with E-state index in [9.17, 15) is 14.4 Å². The van der Waals surface area contributed by atoms with Crippen molar-refractivity contribution in [2.24, 2.45) is 5.73 Å². The minimum absolute atomic E-state index is 0.255. The first-order valence-electron chi connectivity index (χ1n) is 7.17. The van der Waals surface area contributed by atoms with Crippen LogP contribution in [-0.2, 0) is 20.7 Å². The van der Waals surface area contributed by atoms with Crippen LogP contribution in [0.4, 0.5) is 0 Å². The van der Waals surface area contributed by atoms with Gasteiger partial charge in [-0.25, -0.2) is 4.79 Å². The molecule has 0 aromatic carbocycles. The van der Waals surface area contributed by atoms with Crippen LogP contribution in [0.15, 0.2) is 6.07 Å². The number of ether oxygens (including phenoxy) is 2. The monoisotopic (exact) mass is 307 g/mol. The fourth-order valence-electron chi connectivity index (χ4n) is 2.81. The Morgan fingerprint density at radius 2 is 2.27 bits per heavy atom. The molecule has 0 spiro atoms. The number of esters is 1. The number of carbonyl (C=O) groups is 3. The average Bonchev–Trinajstić information content (AvgIpc) is 3.17. The fraction of sp³-hybridized carbons (Fsp3) is 0.500. The van der Waals surface area contributed by atoms with E-state index in [0.717, 1.165) is 12.1 Å². The molecule has 0 aliphatic carbocycles. The number of primary amides is 1. The number of fused-ring (bicyclic) bond motifs is 1. The molecular weight excluding hydrogens is 290 g/mol. The Balaban J connectivity index is 1.56. The van der Waals surface area contributed by atoms with E-state index in [2.05, 4.69) is 4.98 Å². The van der Waals surface area contributed by atoms with Crippen molar-refractivity contribution in [3.63, 3.8) is 0 Å². The van der Waals surface area contributed by atoms with Crippen LogP contribution in [0.1, 0.15) is 29.0 Å². The summed E-state index contributed by atoms with van der Waals surface area (Å²) in [5.41, 5.74) is 6.36. The predicted molar refractivity (Wildman–Crippen MR) is 74.2 cm³/mol. The highest BCUT2D eigenvalue weighted by atomic mass is 16.5. The van der Waals surface area contributed by atoms with Crippen LogP contribution in [-0.4, -0.2) is 53.5 Å². The molecular formula is C14H17N3O5. The molecule has 22 heavy (non-hydrogen) atoms. The molecule has 1 fully saturated rings. The molecule has 2 amide bonds. The molecule has 0 bridgehead atoms. The van der Waals surface area contributed by atoms with Crippen molar-refractivity contribution in [1.82, 2.24) is 9.88 Å². The zero-order valence-electron chi connectivity index (χ0n) is 12.0. The number of rotatable bonds is 4. The van der Waals surface area contributed by atoms with Crippen molar-refractivity contribution in [2.75, 3.05) is 19.8 Å². The second kappa shape index (κ2) is 5.70. The number of hydrogen-bond donors (Lipinski definition) is 2. The first kappa shape index (κ1) is 14.4. The van der Waals surface area contributed by atoms with Gasteiger partial charge in [-0.15, -0.1) is 0 Å². The third-order valence-electron chi connectivity index (χ3n) is 3.92. The summed E-state index contributed by atoms with van der Waals surface area (Å²) in [5.74, 6) is -0.923. The maximum atomic E-state index is 12.0. The van der Waals surface area contributed by atoms with E-state index in [1.807, 2.05) is 0 Å². The number of amides is 2. The summed E-state index contributed by atoms with van der Waals surface area (Å²) in [4.78, 5) is 39.5. The first-order chi connectivity index (χ1) is 10.6. The highest BCUT2D eigenvalue weighted by Crippen LogP contribution is 2.26. The fourth-order valence-corrected chi connectivity index (χ4v) is 2.81. The number of nitrogens with one attached hydrogen (secondary N) is 1. The molecule has 8 nitrogen and oxygen atoms in total. The van der Waals surface area contributed by atoms with Gasteiger partial charge in [0.05, 0.1) is 12.3 Å². The zero-order valence-corrected chi connectivity index (χ0v) is 12.0. The van der Waals surface area contributed by atoms with Crippen molar-refractivity contribution in [1.29, 1.82) is 0 Å². The van der Waals surface area contributed by atoms with Crippen LogP contribution in [0, 0.1) is 0 Å². The molecule has 3 heterocycles.